The van der Waals surface area contributed by atoms with Gasteiger partial charge in [-0.25, -0.2) is 15.0 Å². The van der Waals surface area contributed by atoms with Crippen molar-refractivity contribution in [3.8, 4) is 5.75 Å². The lowest BCUT2D eigenvalue weighted by molar-refractivity contribution is 0.417. The first-order valence-electron chi connectivity index (χ1n) is 8.93. The lowest BCUT2D eigenvalue weighted by Gasteiger charge is -2.34. The topological polar surface area (TPSA) is 79.3 Å². The highest BCUT2D eigenvalue weighted by Crippen LogP contribution is 2.30. The number of halogens is 1. The van der Waals surface area contributed by atoms with Crippen LogP contribution < -0.4 is 19.9 Å². The van der Waals surface area contributed by atoms with Crippen LogP contribution in [0.4, 0.5) is 23.4 Å². The van der Waals surface area contributed by atoms with E-state index >= 15 is 0 Å². The van der Waals surface area contributed by atoms with Crippen LogP contribution in [0.2, 0.25) is 5.02 Å². The predicted molar refractivity (Wildman–Crippen MR) is 110 cm³/mol. The van der Waals surface area contributed by atoms with Crippen LogP contribution in [0.15, 0.2) is 48.9 Å². The average molecular weight is 398 g/mol. The number of methoxy groups -OCH3 is 1. The maximum absolute atomic E-state index is 6.11. The lowest BCUT2D eigenvalue weighted by Crippen LogP contribution is -2.47. The van der Waals surface area contributed by atoms with Crippen LogP contribution in [-0.4, -0.2) is 53.2 Å². The van der Waals surface area contributed by atoms with Crippen molar-refractivity contribution in [1.82, 2.24) is 19.9 Å². The second-order valence-electron chi connectivity index (χ2n) is 6.23. The maximum Gasteiger partial charge on any atom is 0.227 e. The Balaban J connectivity index is 1.45. The first kappa shape index (κ1) is 18.2. The number of aromatic nitrogens is 4. The highest BCUT2D eigenvalue weighted by Gasteiger charge is 2.20. The van der Waals surface area contributed by atoms with Crippen LogP contribution in [0.3, 0.4) is 0 Å². The number of rotatable bonds is 5. The summed E-state index contributed by atoms with van der Waals surface area (Å²) >= 11 is 6.11. The zero-order chi connectivity index (χ0) is 19.3. The predicted octanol–water partition coefficient (Wildman–Crippen LogP) is 3.00. The fourth-order valence-corrected chi connectivity index (χ4v) is 3.22. The molecule has 8 nitrogen and oxygen atoms in total. The second-order valence-corrected chi connectivity index (χ2v) is 6.67. The van der Waals surface area contributed by atoms with E-state index in [0.717, 1.165) is 37.8 Å². The summed E-state index contributed by atoms with van der Waals surface area (Å²) in [5.41, 5.74) is 0.755. The largest absolute Gasteiger partial charge is 0.495 e. The van der Waals surface area contributed by atoms with Gasteiger partial charge in [0.2, 0.25) is 11.9 Å². The normalized spacial score (nSPS) is 14.1. The van der Waals surface area contributed by atoms with Crippen molar-refractivity contribution in [2.45, 2.75) is 0 Å². The highest BCUT2D eigenvalue weighted by atomic mass is 35.5. The van der Waals surface area contributed by atoms with Crippen molar-refractivity contribution >= 4 is 35.0 Å². The molecule has 0 aliphatic carbocycles. The summed E-state index contributed by atoms with van der Waals surface area (Å²) in [5, 5.41) is 3.88. The summed E-state index contributed by atoms with van der Waals surface area (Å²) in [6.07, 6.45) is 5.27. The molecule has 1 fully saturated rings. The summed E-state index contributed by atoms with van der Waals surface area (Å²) in [4.78, 5) is 22.0. The van der Waals surface area contributed by atoms with Crippen molar-refractivity contribution in [3.63, 3.8) is 0 Å². The van der Waals surface area contributed by atoms with Crippen LogP contribution in [0.5, 0.6) is 5.75 Å². The van der Waals surface area contributed by atoms with Gasteiger partial charge in [0.1, 0.15) is 11.6 Å². The molecule has 0 bridgehead atoms. The van der Waals surface area contributed by atoms with Crippen molar-refractivity contribution in [2.75, 3.05) is 48.4 Å². The van der Waals surface area contributed by atoms with Crippen LogP contribution in [0, 0.1) is 0 Å². The summed E-state index contributed by atoms with van der Waals surface area (Å²) < 4.78 is 5.38. The number of nitrogens with zero attached hydrogens (tertiary/aromatic N) is 6. The highest BCUT2D eigenvalue weighted by molar-refractivity contribution is 6.31. The third kappa shape index (κ3) is 4.07. The third-order valence-electron chi connectivity index (χ3n) is 4.46. The van der Waals surface area contributed by atoms with E-state index in [4.69, 9.17) is 16.3 Å². The molecule has 0 saturated carbocycles. The average Bonchev–Trinajstić information content (AvgIpc) is 2.75. The van der Waals surface area contributed by atoms with Gasteiger partial charge >= 0.3 is 0 Å². The van der Waals surface area contributed by atoms with Gasteiger partial charge in [-0.15, -0.1) is 0 Å². The van der Waals surface area contributed by atoms with Crippen LogP contribution >= 0.6 is 11.6 Å². The van der Waals surface area contributed by atoms with Crippen LogP contribution in [0.25, 0.3) is 0 Å². The Morgan fingerprint density at radius 2 is 1.61 bits per heavy atom. The van der Waals surface area contributed by atoms with E-state index in [1.807, 2.05) is 18.2 Å². The van der Waals surface area contributed by atoms with Gasteiger partial charge in [0.15, 0.2) is 0 Å². The zero-order valence-corrected chi connectivity index (χ0v) is 16.2. The number of ether oxygens (including phenoxy) is 1. The van der Waals surface area contributed by atoms with Gasteiger partial charge in [0.25, 0.3) is 0 Å². The number of benzene rings is 1. The van der Waals surface area contributed by atoms with Gasteiger partial charge < -0.3 is 19.9 Å². The molecule has 3 aromatic rings. The van der Waals surface area contributed by atoms with Crippen molar-refractivity contribution in [3.05, 3.63) is 53.9 Å². The molecule has 1 saturated heterocycles. The molecule has 3 heterocycles. The van der Waals surface area contributed by atoms with E-state index < -0.39 is 0 Å². The van der Waals surface area contributed by atoms with E-state index in [2.05, 4.69) is 35.1 Å². The molecular weight excluding hydrogens is 378 g/mol. The van der Waals surface area contributed by atoms with Crippen LogP contribution in [0.1, 0.15) is 0 Å². The zero-order valence-electron chi connectivity index (χ0n) is 15.4. The molecule has 1 aliphatic rings. The van der Waals surface area contributed by atoms with E-state index in [0.29, 0.717) is 22.5 Å². The Hall–Kier alpha value is -3.13. The molecule has 0 radical (unpaired) electrons. The number of nitrogens with one attached hydrogen (secondary N) is 1. The van der Waals surface area contributed by atoms with Crippen molar-refractivity contribution in [1.29, 1.82) is 0 Å². The Morgan fingerprint density at radius 1 is 0.929 bits per heavy atom. The molecule has 1 aromatic carbocycles. The standard InChI is InChI=1S/C19H20ClN7O/c1-28-16-4-3-14(20)13-15(16)24-17-5-8-23-19(25-17)27-11-9-26(10-12-27)18-21-6-2-7-22-18/h2-8,13H,9-12H2,1H3,(H,23,24,25). The molecule has 1 aliphatic heterocycles. The lowest BCUT2D eigenvalue weighted by atomic mass is 10.3. The van der Waals surface area contributed by atoms with Gasteiger partial charge in [-0.3, -0.25) is 0 Å². The first-order chi connectivity index (χ1) is 13.7. The Bertz CT molecular complexity index is 933. The van der Waals surface area contributed by atoms with Crippen molar-refractivity contribution < 1.29 is 4.74 Å². The molecule has 0 spiro atoms. The number of hydrogen-bond donors (Lipinski definition) is 1. The molecule has 2 aromatic heterocycles. The molecule has 9 heteroatoms. The molecule has 0 atom stereocenters. The smallest absolute Gasteiger partial charge is 0.227 e. The van der Waals surface area contributed by atoms with Gasteiger partial charge in [-0.05, 0) is 30.3 Å². The van der Waals surface area contributed by atoms with E-state index in [-0.39, 0.29) is 0 Å². The quantitative estimate of drug-likeness (QED) is 0.703. The molecular formula is C19H20ClN7O. The van der Waals surface area contributed by atoms with E-state index in [9.17, 15) is 0 Å². The third-order valence-corrected chi connectivity index (χ3v) is 4.70. The minimum absolute atomic E-state index is 0.622. The fourth-order valence-electron chi connectivity index (χ4n) is 3.05. The Morgan fingerprint density at radius 3 is 2.32 bits per heavy atom. The number of hydrogen-bond acceptors (Lipinski definition) is 8. The van der Waals surface area contributed by atoms with E-state index in [1.54, 1.807) is 37.8 Å². The molecule has 4 rings (SSSR count). The second kappa shape index (κ2) is 8.26. The molecule has 28 heavy (non-hydrogen) atoms. The summed E-state index contributed by atoms with van der Waals surface area (Å²) in [5.74, 6) is 2.81. The van der Waals surface area contributed by atoms with Crippen molar-refractivity contribution in [2.24, 2.45) is 0 Å². The SMILES string of the molecule is COc1ccc(Cl)cc1Nc1ccnc(N2CCN(c3ncccn3)CC2)n1. The molecule has 1 N–H and O–H groups in total. The molecule has 144 valence electrons. The van der Waals surface area contributed by atoms with Gasteiger partial charge in [-0.1, -0.05) is 11.6 Å². The summed E-state index contributed by atoms with van der Waals surface area (Å²) in [7, 11) is 1.62. The van der Waals surface area contributed by atoms with E-state index in [1.165, 1.54) is 0 Å². The fraction of sp³-hybridized carbons (Fsp3) is 0.263. The first-order valence-corrected chi connectivity index (χ1v) is 9.31. The Labute approximate surface area is 168 Å². The molecule has 0 unspecified atom stereocenters. The van der Waals surface area contributed by atoms with Gasteiger partial charge in [0, 0.05) is 49.8 Å². The minimum atomic E-state index is 0.622. The summed E-state index contributed by atoms with van der Waals surface area (Å²) in [6, 6.07) is 9.05. The monoisotopic (exact) mass is 397 g/mol. The number of piperazine rings is 1. The van der Waals surface area contributed by atoms with Crippen LogP contribution in [-0.2, 0) is 0 Å². The minimum Gasteiger partial charge on any atom is -0.495 e. The van der Waals surface area contributed by atoms with Gasteiger partial charge in [-0.2, -0.15) is 4.98 Å². The van der Waals surface area contributed by atoms with Gasteiger partial charge in [0.05, 0.1) is 12.8 Å². The maximum atomic E-state index is 6.11. The summed E-state index contributed by atoms with van der Waals surface area (Å²) in [6.45, 7) is 3.21. The number of anilines is 4. The Kier molecular flexibility index (Phi) is 5.38. The molecule has 0 amide bonds.